The first-order valence-corrected chi connectivity index (χ1v) is 12.9. The largest absolute Gasteiger partial charge is 0.460 e. The van der Waals surface area contributed by atoms with Gasteiger partial charge in [-0.2, -0.15) is 0 Å². The van der Waals surface area contributed by atoms with Crippen LogP contribution in [0.25, 0.3) is 0 Å². The van der Waals surface area contributed by atoms with Crippen LogP contribution in [0.15, 0.2) is 76.9 Å². The van der Waals surface area contributed by atoms with Crippen molar-refractivity contribution in [2.75, 3.05) is 0 Å². The third-order valence-corrected chi connectivity index (χ3v) is 5.96. The number of ether oxygens (including phenoxy) is 2. The molecule has 0 spiro atoms. The van der Waals surface area contributed by atoms with Gasteiger partial charge >= 0.3 is 5.97 Å². The third kappa shape index (κ3) is 9.00. The number of benzene rings is 1. The van der Waals surface area contributed by atoms with Gasteiger partial charge in [0.15, 0.2) is 0 Å². The first-order chi connectivity index (χ1) is 16.7. The molecule has 1 aliphatic rings. The van der Waals surface area contributed by atoms with Crippen LogP contribution >= 0.6 is 15.9 Å². The third-order valence-electron chi connectivity index (χ3n) is 5.47. The van der Waals surface area contributed by atoms with Crippen LogP contribution in [0.4, 0.5) is 0 Å². The Bertz CT molecular complexity index is 1110. The predicted octanol–water partition coefficient (Wildman–Crippen LogP) is 7.40. The summed E-state index contributed by atoms with van der Waals surface area (Å²) in [5.74, 6) is -0.0205. The second-order valence-corrected chi connectivity index (χ2v) is 11.8. The molecule has 0 saturated carbocycles. The van der Waals surface area contributed by atoms with E-state index in [0.29, 0.717) is 25.0 Å². The van der Waals surface area contributed by atoms with Crippen LogP contribution < -0.4 is 5.32 Å². The number of hydrogen-bond donors (Lipinski definition) is 1. The number of fused-ring (bicyclic) bond motifs is 1. The molecule has 2 rings (SSSR count). The number of nitrogens with one attached hydrogen (secondary N) is 1. The normalized spacial score (nSPS) is 16.4. The second-order valence-electron chi connectivity index (χ2n) is 10.9. The summed E-state index contributed by atoms with van der Waals surface area (Å²) < 4.78 is 12.4. The van der Waals surface area contributed by atoms with Crippen molar-refractivity contribution in [1.82, 2.24) is 5.32 Å². The Hall–Kier alpha value is -2.82. The zero-order valence-electron chi connectivity index (χ0n) is 22.3. The van der Waals surface area contributed by atoms with Crippen molar-refractivity contribution in [3.8, 4) is 0 Å². The summed E-state index contributed by atoms with van der Waals surface area (Å²) in [4.78, 5) is 25.7. The molecule has 1 amide bonds. The molecule has 5 nitrogen and oxygen atoms in total. The number of carbonyl (C=O) groups is 2. The Labute approximate surface area is 224 Å². The van der Waals surface area contributed by atoms with Gasteiger partial charge in [0.25, 0.3) is 5.91 Å². The lowest BCUT2D eigenvalue weighted by Gasteiger charge is -2.27. The fourth-order valence-corrected chi connectivity index (χ4v) is 4.29. The van der Waals surface area contributed by atoms with Gasteiger partial charge in [-0.1, -0.05) is 79.4 Å². The molecule has 0 unspecified atom stereocenters. The SMILES string of the molecule is C=C=C(O/C(=C/C=C)C(C)(C)C)C(=O)N[C@@H]1CCC=C(CC(=O)OC(C)(C)C)Cc2cc(Br)ccc21. The molecular weight excluding hydrogens is 518 g/mol. The zero-order chi connectivity index (χ0) is 27.1. The molecule has 1 aromatic carbocycles. The molecule has 0 radical (unpaired) electrons. The van der Waals surface area contributed by atoms with Crippen molar-refractivity contribution in [1.29, 1.82) is 0 Å². The number of amides is 1. The molecule has 1 aromatic rings. The summed E-state index contributed by atoms with van der Waals surface area (Å²) in [5.41, 5.74) is 4.84. The van der Waals surface area contributed by atoms with E-state index < -0.39 is 5.60 Å². The average molecular weight is 557 g/mol. The van der Waals surface area contributed by atoms with Crippen molar-refractivity contribution in [2.45, 2.75) is 78.9 Å². The number of hydrogen-bond acceptors (Lipinski definition) is 4. The van der Waals surface area contributed by atoms with Crippen LogP contribution in [0, 0.1) is 5.41 Å². The molecule has 194 valence electrons. The maximum absolute atomic E-state index is 13.2. The van der Waals surface area contributed by atoms with E-state index in [-0.39, 0.29) is 35.5 Å². The highest BCUT2D eigenvalue weighted by atomic mass is 79.9. The lowest BCUT2D eigenvalue weighted by Crippen LogP contribution is -2.32. The molecule has 0 aliphatic heterocycles. The Kier molecular flexibility index (Phi) is 10.2. The number of carbonyl (C=O) groups excluding carboxylic acids is 2. The van der Waals surface area contributed by atoms with Crippen molar-refractivity contribution in [2.24, 2.45) is 5.41 Å². The first kappa shape index (κ1) is 29.4. The van der Waals surface area contributed by atoms with Crippen molar-refractivity contribution in [3.05, 3.63) is 88.0 Å². The Morgan fingerprint density at radius 3 is 2.50 bits per heavy atom. The lowest BCUT2D eigenvalue weighted by atomic mass is 9.88. The molecule has 1 N–H and O–H groups in total. The van der Waals surface area contributed by atoms with E-state index in [1.165, 1.54) is 0 Å². The van der Waals surface area contributed by atoms with Crippen LogP contribution in [0.1, 0.15) is 78.0 Å². The van der Waals surface area contributed by atoms with Gasteiger partial charge in [-0.25, -0.2) is 0 Å². The lowest BCUT2D eigenvalue weighted by molar-refractivity contribution is -0.153. The van der Waals surface area contributed by atoms with E-state index in [1.54, 1.807) is 12.2 Å². The standard InChI is InChI=1S/C30H38BrNO4/c1-9-12-26(29(3,4)5)35-25(10-2)28(34)32-24-14-11-13-20(18-27(33)36-30(6,7)8)17-21-19-22(31)15-16-23(21)24/h9,12-13,15-16,19,24H,1-2,11,14,17-18H2,3-8H3,(H,32,34)/b20-13?,26-12+/t24-/m1/s1. The van der Waals surface area contributed by atoms with Gasteiger partial charge < -0.3 is 14.8 Å². The monoisotopic (exact) mass is 555 g/mol. The molecular formula is C30H38BrNO4. The average Bonchev–Trinajstić information content (AvgIpc) is 2.72. The van der Waals surface area contributed by atoms with Crippen molar-refractivity contribution < 1.29 is 19.1 Å². The molecule has 0 bridgehead atoms. The van der Waals surface area contributed by atoms with E-state index in [2.05, 4.69) is 46.2 Å². The molecule has 0 aromatic heterocycles. The second kappa shape index (κ2) is 12.4. The minimum Gasteiger partial charge on any atom is -0.460 e. The minimum atomic E-state index is -0.526. The van der Waals surface area contributed by atoms with Crippen LogP contribution in [0.2, 0.25) is 0 Å². The Morgan fingerprint density at radius 2 is 1.92 bits per heavy atom. The summed E-state index contributed by atoms with van der Waals surface area (Å²) in [7, 11) is 0. The number of rotatable bonds is 7. The molecule has 6 heteroatoms. The van der Waals surface area contributed by atoms with E-state index >= 15 is 0 Å². The Balaban J connectivity index is 2.27. The molecule has 0 saturated heterocycles. The summed E-state index contributed by atoms with van der Waals surface area (Å²) in [5, 5.41) is 3.11. The Morgan fingerprint density at radius 1 is 1.22 bits per heavy atom. The van der Waals surface area contributed by atoms with Gasteiger partial charge in [0.2, 0.25) is 5.76 Å². The maximum Gasteiger partial charge on any atom is 0.310 e. The molecule has 1 aliphatic carbocycles. The highest BCUT2D eigenvalue weighted by Crippen LogP contribution is 2.32. The van der Waals surface area contributed by atoms with Gasteiger partial charge in [-0.05, 0) is 69.4 Å². The quantitative estimate of drug-likeness (QED) is 0.0949. The van der Waals surface area contributed by atoms with Crippen molar-refractivity contribution in [3.63, 3.8) is 0 Å². The molecule has 1 atom stereocenters. The van der Waals surface area contributed by atoms with Gasteiger partial charge in [0.1, 0.15) is 11.4 Å². The molecule has 0 heterocycles. The fourth-order valence-electron chi connectivity index (χ4n) is 3.88. The summed E-state index contributed by atoms with van der Waals surface area (Å²) in [6, 6.07) is 5.76. The van der Waals surface area contributed by atoms with Crippen LogP contribution in [-0.2, 0) is 25.5 Å². The topological polar surface area (TPSA) is 64.6 Å². The fraction of sp³-hybridized carbons (Fsp3) is 0.433. The van der Waals surface area contributed by atoms with Crippen LogP contribution in [0.3, 0.4) is 0 Å². The van der Waals surface area contributed by atoms with Gasteiger partial charge in [-0.3, -0.25) is 9.59 Å². The predicted molar refractivity (Wildman–Crippen MR) is 148 cm³/mol. The summed E-state index contributed by atoms with van der Waals surface area (Å²) in [6.07, 6.45) is 7.65. The van der Waals surface area contributed by atoms with E-state index in [4.69, 9.17) is 9.47 Å². The smallest absolute Gasteiger partial charge is 0.310 e. The van der Waals surface area contributed by atoms with Gasteiger partial charge in [0, 0.05) is 9.89 Å². The summed E-state index contributed by atoms with van der Waals surface area (Å²) >= 11 is 3.56. The zero-order valence-corrected chi connectivity index (χ0v) is 23.9. The van der Waals surface area contributed by atoms with Crippen LogP contribution in [0.5, 0.6) is 0 Å². The minimum absolute atomic E-state index is 0.0138. The number of esters is 1. The molecule has 0 fully saturated rings. The van der Waals surface area contributed by atoms with Gasteiger partial charge in [-0.15, -0.1) is 0 Å². The van der Waals surface area contributed by atoms with Gasteiger partial charge in [0.05, 0.1) is 12.5 Å². The maximum atomic E-state index is 13.2. The highest BCUT2D eigenvalue weighted by Gasteiger charge is 2.26. The first-order valence-electron chi connectivity index (χ1n) is 12.1. The highest BCUT2D eigenvalue weighted by molar-refractivity contribution is 9.10. The summed E-state index contributed by atoms with van der Waals surface area (Å²) in [6.45, 7) is 19.0. The van der Waals surface area contributed by atoms with E-state index in [0.717, 1.165) is 21.2 Å². The van der Waals surface area contributed by atoms with E-state index in [9.17, 15) is 9.59 Å². The van der Waals surface area contributed by atoms with E-state index in [1.807, 2.05) is 59.7 Å². The van der Waals surface area contributed by atoms with Crippen LogP contribution in [-0.4, -0.2) is 17.5 Å². The number of halogens is 1. The molecule has 36 heavy (non-hydrogen) atoms. The number of allylic oxidation sites excluding steroid dienone is 4. The van der Waals surface area contributed by atoms with Crippen molar-refractivity contribution >= 4 is 27.8 Å².